The largest absolute Gasteiger partial charge is 0.423 e. The molecule has 6 nitrogen and oxygen atoms in total. The summed E-state index contributed by atoms with van der Waals surface area (Å²) < 4.78 is 6.87. The van der Waals surface area contributed by atoms with Crippen molar-refractivity contribution in [3.05, 3.63) is 69.4 Å². The van der Waals surface area contributed by atoms with Crippen molar-refractivity contribution in [3.8, 4) is 6.01 Å². The third kappa shape index (κ3) is 1.69. The summed E-state index contributed by atoms with van der Waals surface area (Å²) in [5.74, 6) is 0. The summed E-state index contributed by atoms with van der Waals surface area (Å²) in [6.07, 6.45) is 0. The molecule has 2 aromatic heterocycles. The molecule has 0 atom stereocenters. The van der Waals surface area contributed by atoms with Gasteiger partial charge in [-0.15, -0.1) is 0 Å². The number of rotatable bonds is 1. The molecule has 0 aliphatic heterocycles. The first kappa shape index (κ1) is 11.7. The van der Waals surface area contributed by atoms with Crippen molar-refractivity contribution >= 4 is 22.0 Å². The van der Waals surface area contributed by atoms with E-state index >= 15 is 0 Å². The van der Waals surface area contributed by atoms with Crippen LogP contribution in [0.2, 0.25) is 0 Å². The average Bonchev–Trinajstić information content (AvgIpc) is 2.90. The summed E-state index contributed by atoms with van der Waals surface area (Å²) in [6.45, 7) is 0. The Bertz CT molecular complexity index is 1060. The van der Waals surface area contributed by atoms with E-state index in [1.165, 1.54) is 4.57 Å². The van der Waals surface area contributed by atoms with E-state index in [2.05, 4.69) is 9.97 Å². The van der Waals surface area contributed by atoms with Crippen LogP contribution in [0.15, 0.2) is 62.5 Å². The number of nitrogens with one attached hydrogen (secondary N) is 1. The number of para-hydroxylation sites is 3. The van der Waals surface area contributed by atoms with Crippen LogP contribution in [0.3, 0.4) is 0 Å². The summed E-state index contributed by atoms with van der Waals surface area (Å²) in [5, 5.41) is 0.402. The van der Waals surface area contributed by atoms with E-state index in [1.54, 1.807) is 36.4 Å². The second-order valence-corrected chi connectivity index (χ2v) is 4.58. The van der Waals surface area contributed by atoms with Crippen LogP contribution >= 0.6 is 0 Å². The van der Waals surface area contributed by atoms with Crippen molar-refractivity contribution in [1.29, 1.82) is 0 Å². The lowest BCUT2D eigenvalue weighted by Gasteiger charge is -2.04. The quantitative estimate of drug-likeness (QED) is 0.576. The van der Waals surface area contributed by atoms with Gasteiger partial charge in [-0.05, 0) is 24.3 Å². The Kier molecular flexibility index (Phi) is 2.32. The van der Waals surface area contributed by atoms with Crippen molar-refractivity contribution < 1.29 is 4.42 Å². The first-order chi connectivity index (χ1) is 10.2. The van der Waals surface area contributed by atoms with Gasteiger partial charge in [-0.25, -0.2) is 9.36 Å². The number of benzene rings is 2. The van der Waals surface area contributed by atoms with E-state index in [9.17, 15) is 9.59 Å². The van der Waals surface area contributed by atoms with E-state index in [0.717, 1.165) is 0 Å². The summed E-state index contributed by atoms with van der Waals surface area (Å²) >= 11 is 0. The third-order valence-corrected chi connectivity index (χ3v) is 3.29. The molecule has 4 aromatic rings. The zero-order valence-corrected chi connectivity index (χ0v) is 10.7. The van der Waals surface area contributed by atoms with Gasteiger partial charge < -0.3 is 4.42 Å². The summed E-state index contributed by atoms with van der Waals surface area (Å²) in [6, 6.07) is 14.2. The van der Waals surface area contributed by atoms with E-state index in [4.69, 9.17) is 4.42 Å². The second-order valence-electron chi connectivity index (χ2n) is 4.58. The SMILES string of the molecule is O=c1[nH]c(=O)n(-c2nc3ccccc3o2)c2ccccc12. The Morgan fingerprint density at radius 3 is 2.62 bits per heavy atom. The van der Waals surface area contributed by atoms with Crippen molar-refractivity contribution in [2.45, 2.75) is 0 Å². The Labute approximate surface area is 117 Å². The molecular weight excluding hydrogens is 270 g/mol. The van der Waals surface area contributed by atoms with Crippen molar-refractivity contribution in [3.63, 3.8) is 0 Å². The lowest BCUT2D eigenvalue weighted by molar-refractivity contribution is 0.560. The smallest absolute Gasteiger partial charge is 0.337 e. The number of oxazole rings is 1. The predicted molar refractivity (Wildman–Crippen MR) is 77.7 cm³/mol. The molecule has 4 rings (SSSR count). The highest BCUT2D eigenvalue weighted by atomic mass is 16.4. The Hall–Kier alpha value is -3.15. The fourth-order valence-electron chi connectivity index (χ4n) is 2.34. The zero-order valence-electron chi connectivity index (χ0n) is 10.7. The van der Waals surface area contributed by atoms with Crippen LogP contribution in [0.4, 0.5) is 0 Å². The first-order valence-corrected chi connectivity index (χ1v) is 6.34. The van der Waals surface area contributed by atoms with Crippen LogP contribution in [-0.4, -0.2) is 14.5 Å². The molecule has 0 unspecified atom stereocenters. The lowest BCUT2D eigenvalue weighted by atomic mass is 10.2. The van der Waals surface area contributed by atoms with Gasteiger partial charge >= 0.3 is 11.7 Å². The fourth-order valence-corrected chi connectivity index (χ4v) is 2.34. The second kappa shape index (κ2) is 4.17. The van der Waals surface area contributed by atoms with Crippen molar-refractivity contribution in [1.82, 2.24) is 14.5 Å². The Morgan fingerprint density at radius 1 is 1.00 bits per heavy atom. The molecule has 0 saturated heterocycles. The molecule has 0 fully saturated rings. The zero-order chi connectivity index (χ0) is 14.4. The Balaban J connectivity index is 2.15. The van der Waals surface area contributed by atoms with Crippen LogP contribution in [0.5, 0.6) is 0 Å². The van der Waals surface area contributed by atoms with Gasteiger partial charge in [0.2, 0.25) is 0 Å². The van der Waals surface area contributed by atoms with Crippen LogP contribution in [0, 0.1) is 0 Å². The predicted octanol–water partition coefficient (Wildman–Crippen LogP) is 1.82. The molecule has 6 heteroatoms. The van der Waals surface area contributed by atoms with Gasteiger partial charge in [0.15, 0.2) is 5.58 Å². The first-order valence-electron chi connectivity index (χ1n) is 6.34. The van der Waals surface area contributed by atoms with Gasteiger partial charge in [0.25, 0.3) is 5.56 Å². The molecule has 0 amide bonds. The van der Waals surface area contributed by atoms with Gasteiger partial charge in [0.05, 0.1) is 10.9 Å². The molecule has 0 saturated carbocycles. The van der Waals surface area contributed by atoms with Crippen LogP contribution in [0.25, 0.3) is 28.0 Å². The normalized spacial score (nSPS) is 11.2. The maximum absolute atomic E-state index is 12.1. The molecular formula is C15H9N3O3. The van der Waals surface area contributed by atoms with Gasteiger partial charge in [-0.2, -0.15) is 4.98 Å². The number of aromatic amines is 1. The molecule has 2 aromatic carbocycles. The number of nitrogens with zero attached hydrogens (tertiary/aromatic N) is 2. The number of aromatic nitrogens is 3. The van der Waals surface area contributed by atoms with Crippen LogP contribution in [-0.2, 0) is 0 Å². The molecule has 1 N–H and O–H groups in total. The minimum atomic E-state index is -0.578. The van der Waals surface area contributed by atoms with Crippen LogP contribution < -0.4 is 11.2 Å². The van der Waals surface area contributed by atoms with Crippen molar-refractivity contribution in [2.75, 3.05) is 0 Å². The summed E-state index contributed by atoms with van der Waals surface area (Å²) in [5.41, 5.74) is 0.676. The number of hydrogen-bond donors (Lipinski definition) is 1. The minimum Gasteiger partial charge on any atom is -0.423 e. The molecule has 0 bridgehead atoms. The molecule has 0 aliphatic carbocycles. The Morgan fingerprint density at radius 2 is 1.76 bits per heavy atom. The van der Waals surface area contributed by atoms with Gasteiger partial charge in [0.1, 0.15) is 5.52 Å². The highest BCUT2D eigenvalue weighted by Crippen LogP contribution is 2.19. The standard InChI is InChI=1S/C15H9N3O3/c19-13-9-5-1-3-7-11(9)18(14(20)17-13)15-16-10-6-2-4-8-12(10)21-15/h1-8H,(H,17,19,20). The maximum atomic E-state index is 12.1. The van der Waals surface area contributed by atoms with E-state index in [0.29, 0.717) is 22.0 Å². The number of hydrogen-bond acceptors (Lipinski definition) is 4. The third-order valence-electron chi connectivity index (χ3n) is 3.29. The van der Waals surface area contributed by atoms with E-state index in [-0.39, 0.29) is 6.01 Å². The number of H-pyrrole nitrogens is 1. The lowest BCUT2D eigenvalue weighted by Crippen LogP contribution is -2.29. The van der Waals surface area contributed by atoms with E-state index in [1.807, 2.05) is 12.1 Å². The van der Waals surface area contributed by atoms with Crippen LogP contribution in [0.1, 0.15) is 0 Å². The maximum Gasteiger partial charge on any atom is 0.337 e. The highest BCUT2D eigenvalue weighted by Gasteiger charge is 2.13. The monoisotopic (exact) mass is 279 g/mol. The van der Waals surface area contributed by atoms with Gasteiger partial charge in [-0.3, -0.25) is 9.78 Å². The fraction of sp³-hybridized carbons (Fsp3) is 0. The molecule has 0 aliphatic rings. The minimum absolute atomic E-state index is 0.133. The average molecular weight is 279 g/mol. The topological polar surface area (TPSA) is 80.9 Å². The number of fused-ring (bicyclic) bond motifs is 2. The molecule has 2 heterocycles. The van der Waals surface area contributed by atoms with E-state index < -0.39 is 11.2 Å². The molecule has 0 spiro atoms. The van der Waals surface area contributed by atoms with Gasteiger partial charge in [-0.1, -0.05) is 24.3 Å². The summed E-state index contributed by atoms with van der Waals surface area (Å²) in [4.78, 5) is 30.5. The molecule has 102 valence electrons. The van der Waals surface area contributed by atoms with Crippen molar-refractivity contribution in [2.24, 2.45) is 0 Å². The molecule has 0 radical (unpaired) electrons. The summed E-state index contributed by atoms with van der Waals surface area (Å²) in [7, 11) is 0. The highest BCUT2D eigenvalue weighted by molar-refractivity contribution is 5.79. The molecule has 21 heavy (non-hydrogen) atoms. The van der Waals surface area contributed by atoms with Gasteiger partial charge in [0, 0.05) is 0 Å².